The van der Waals surface area contributed by atoms with Gasteiger partial charge < -0.3 is 16.0 Å². The Morgan fingerprint density at radius 3 is 2.67 bits per heavy atom. The van der Waals surface area contributed by atoms with Crippen molar-refractivity contribution in [2.75, 3.05) is 19.6 Å². The van der Waals surface area contributed by atoms with Gasteiger partial charge in [-0.2, -0.15) is 0 Å². The van der Waals surface area contributed by atoms with Gasteiger partial charge in [0.25, 0.3) is 0 Å². The summed E-state index contributed by atoms with van der Waals surface area (Å²) in [5, 5.41) is 2.91. The Labute approximate surface area is 109 Å². The predicted molar refractivity (Wildman–Crippen MR) is 74.2 cm³/mol. The van der Waals surface area contributed by atoms with E-state index in [1.807, 2.05) is 42.2 Å². The molecule has 1 aromatic rings. The maximum absolute atomic E-state index is 12.0. The molecule has 4 nitrogen and oxygen atoms in total. The monoisotopic (exact) mass is 249 g/mol. The molecule has 0 spiro atoms. The lowest BCUT2D eigenvalue weighted by Gasteiger charge is -2.23. The van der Waals surface area contributed by atoms with Gasteiger partial charge in [0.05, 0.1) is 0 Å². The second-order valence-electron chi connectivity index (χ2n) is 4.28. The standard InChI is InChI=1S/C14H23N3O/c1-2-10-16-14(18)17(11-6-9-15)12-13-7-4-3-5-8-13/h3-5,7-8H,2,6,9-12,15H2,1H3,(H,16,18). The van der Waals surface area contributed by atoms with E-state index in [-0.39, 0.29) is 6.03 Å². The van der Waals surface area contributed by atoms with Crippen molar-refractivity contribution in [3.05, 3.63) is 35.9 Å². The molecule has 100 valence electrons. The second kappa shape index (κ2) is 8.53. The van der Waals surface area contributed by atoms with Gasteiger partial charge in [-0.1, -0.05) is 37.3 Å². The fraction of sp³-hybridized carbons (Fsp3) is 0.500. The SMILES string of the molecule is CCCNC(=O)N(CCCN)Cc1ccccc1. The molecule has 0 aliphatic carbocycles. The highest BCUT2D eigenvalue weighted by atomic mass is 16.2. The highest BCUT2D eigenvalue weighted by molar-refractivity contribution is 5.74. The lowest BCUT2D eigenvalue weighted by atomic mass is 10.2. The molecule has 0 aliphatic heterocycles. The van der Waals surface area contributed by atoms with E-state index < -0.39 is 0 Å². The fourth-order valence-electron chi connectivity index (χ4n) is 1.68. The maximum Gasteiger partial charge on any atom is 0.317 e. The van der Waals surface area contributed by atoms with Gasteiger partial charge >= 0.3 is 6.03 Å². The third kappa shape index (κ3) is 5.19. The number of carbonyl (C=O) groups is 1. The molecule has 4 heteroatoms. The van der Waals surface area contributed by atoms with Crippen molar-refractivity contribution in [1.29, 1.82) is 0 Å². The molecule has 0 saturated carbocycles. The van der Waals surface area contributed by atoms with Crippen LogP contribution in [-0.4, -0.2) is 30.6 Å². The fourth-order valence-corrected chi connectivity index (χ4v) is 1.68. The van der Waals surface area contributed by atoms with Crippen LogP contribution in [0.5, 0.6) is 0 Å². The number of carbonyl (C=O) groups excluding carboxylic acids is 1. The molecule has 0 heterocycles. The van der Waals surface area contributed by atoms with E-state index >= 15 is 0 Å². The number of nitrogens with one attached hydrogen (secondary N) is 1. The number of urea groups is 1. The van der Waals surface area contributed by atoms with Crippen LogP contribution < -0.4 is 11.1 Å². The van der Waals surface area contributed by atoms with E-state index in [1.165, 1.54) is 0 Å². The second-order valence-corrected chi connectivity index (χ2v) is 4.28. The van der Waals surface area contributed by atoms with Crippen molar-refractivity contribution >= 4 is 6.03 Å². The summed E-state index contributed by atoms with van der Waals surface area (Å²) < 4.78 is 0. The predicted octanol–water partition coefficient (Wildman–Crippen LogP) is 1.96. The minimum Gasteiger partial charge on any atom is -0.338 e. The molecule has 1 aromatic carbocycles. The highest BCUT2D eigenvalue weighted by Gasteiger charge is 2.12. The molecule has 0 radical (unpaired) electrons. The van der Waals surface area contributed by atoms with Crippen LogP contribution in [0.25, 0.3) is 0 Å². The molecule has 0 bridgehead atoms. The van der Waals surface area contributed by atoms with E-state index in [0.29, 0.717) is 26.2 Å². The first-order valence-corrected chi connectivity index (χ1v) is 6.54. The molecule has 2 amide bonds. The van der Waals surface area contributed by atoms with Crippen LogP contribution in [-0.2, 0) is 6.54 Å². The lowest BCUT2D eigenvalue weighted by Crippen LogP contribution is -2.40. The summed E-state index contributed by atoms with van der Waals surface area (Å²) in [6.45, 7) is 4.69. The molecule has 3 N–H and O–H groups in total. The van der Waals surface area contributed by atoms with Gasteiger partial charge in [-0.15, -0.1) is 0 Å². The van der Waals surface area contributed by atoms with Gasteiger partial charge in [-0.05, 0) is 24.9 Å². The Bertz CT molecular complexity index is 340. The summed E-state index contributed by atoms with van der Waals surface area (Å²) in [5.41, 5.74) is 6.65. The first kappa shape index (κ1) is 14.5. The summed E-state index contributed by atoms with van der Waals surface area (Å²) in [4.78, 5) is 13.8. The van der Waals surface area contributed by atoms with Gasteiger partial charge in [0, 0.05) is 19.6 Å². The summed E-state index contributed by atoms with van der Waals surface area (Å²) in [7, 11) is 0. The molecule has 0 unspecified atom stereocenters. The molecule has 0 fully saturated rings. The quantitative estimate of drug-likeness (QED) is 0.776. The average Bonchev–Trinajstić information content (AvgIpc) is 2.42. The van der Waals surface area contributed by atoms with Crippen molar-refractivity contribution in [3.63, 3.8) is 0 Å². The van der Waals surface area contributed by atoms with Crippen LogP contribution in [0.4, 0.5) is 4.79 Å². The van der Waals surface area contributed by atoms with Crippen molar-refractivity contribution in [3.8, 4) is 0 Å². The van der Waals surface area contributed by atoms with Crippen LogP contribution in [0.1, 0.15) is 25.3 Å². The molecule has 0 saturated heterocycles. The molecular weight excluding hydrogens is 226 g/mol. The zero-order chi connectivity index (χ0) is 13.2. The molecular formula is C14H23N3O. The van der Waals surface area contributed by atoms with Crippen molar-refractivity contribution < 1.29 is 4.79 Å². The molecule has 0 aromatic heterocycles. The van der Waals surface area contributed by atoms with E-state index in [9.17, 15) is 4.79 Å². The molecule has 0 atom stereocenters. The topological polar surface area (TPSA) is 58.4 Å². The van der Waals surface area contributed by atoms with Crippen molar-refractivity contribution in [2.24, 2.45) is 5.73 Å². The Kier molecular flexibility index (Phi) is 6.87. The zero-order valence-corrected chi connectivity index (χ0v) is 11.1. The van der Waals surface area contributed by atoms with Gasteiger partial charge in [-0.25, -0.2) is 4.79 Å². The van der Waals surface area contributed by atoms with Gasteiger partial charge in [0.15, 0.2) is 0 Å². The summed E-state index contributed by atoms with van der Waals surface area (Å²) in [6, 6.07) is 10.0. The average molecular weight is 249 g/mol. The number of nitrogens with two attached hydrogens (primary N) is 1. The number of benzene rings is 1. The number of hydrogen-bond donors (Lipinski definition) is 2. The number of nitrogens with zero attached hydrogens (tertiary/aromatic N) is 1. The van der Waals surface area contributed by atoms with Crippen LogP contribution in [0.15, 0.2) is 30.3 Å². The van der Waals surface area contributed by atoms with E-state index in [4.69, 9.17) is 5.73 Å². The number of rotatable bonds is 7. The van der Waals surface area contributed by atoms with E-state index in [2.05, 4.69) is 5.32 Å². The molecule has 18 heavy (non-hydrogen) atoms. The summed E-state index contributed by atoms with van der Waals surface area (Å²) in [5.74, 6) is 0. The van der Waals surface area contributed by atoms with Crippen molar-refractivity contribution in [1.82, 2.24) is 10.2 Å². The van der Waals surface area contributed by atoms with E-state index in [1.54, 1.807) is 0 Å². The third-order valence-corrected chi connectivity index (χ3v) is 2.66. The summed E-state index contributed by atoms with van der Waals surface area (Å²) >= 11 is 0. The highest BCUT2D eigenvalue weighted by Crippen LogP contribution is 2.05. The smallest absolute Gasteiger partial charge is 0.317 e. The van der Waals surface area contributed by atoms with Crippen LogP contribution in [0.3, 0.4) is 0 Å². The number of amides is 2. The minimum atomic E-state index is -0.00541. The van der Waals surface area contributed by atoms with Gasteiger partial charge in [-0.3, -0.25) is 0 Å². The molecule has 0 aliphatic rings. The van der Waals surface area contributed by atoms with Crippen molar-refractivity contribution in [2.45, 2.75) is 26.3 Å². The van der Waals surface area contributed by atoms with Gasteiger partial charge in [0.2, 0.25) is 0 Å². The largest absolute Gasteiger partial charge is 0.338 e. The van der Waals surface area contributed by atoms with Crippen LogP contribution >= 0.6 is 0 Å². The Morgan fingerprint density at radius 1 is 1.33 bits per heavy atom. The Balaban J connectivity index is 2.57. The first-order chi connectivity index (χ1) is 8.77. The Morgan fingerprint density at radius 2 is 2.06 bits per heavy atom. The Hall–Kier alpha value is -1.55. The molecule has 1 rings (SSSR count). The van der Waals surface area contributed by atoms with Crippen LogP contribution in [0.2, 0.25) is 0 Å². The van der Waals surface area contributed by atoms with Gasteiger partial charge in [0.1, 0.15) is 0 Å². The zero-order valence-electron chi connectivity index (χ0n) is 11.1. The minimum absolute atomic E-state index is 0.00541. The summed E-state index contributed by atoms with van der Waals surface area (Å²) in [6.07, 6.45) is 1.77. The first-order valence-electron chi connectivity index (χ1n) is 6.54. The normalized spacial score (nSPS) is 10.1. The maximum atomic E-state index is 12.0. The lowest BCUT2D eigenvalue weighted by molar-refractivity contribution is 0.195. The van der Waals surface area contributed by atoms with Crippen LogP contribution in [0, 0.1) is 0 Å². The van der Waals surface area contributed by atoms with E-state index in [0.717, 1.165) is 18.4 Å². The number of hydrogen-bond acceptors (Lipinski definition) is 2. The third-order valence-electron chi connectivity index (χ3n) is 2.66.